The molecule has 1 unspecified atom stereocenters. The molecule has 0 aromatic heterocycles. The van der Waals surface area contributed by atoms with Crippen LogP contribution in [-0.2, 0) is 9.59 Å². The number of carbonyl (C=O) groups is 3. The van der Waals surface area contributed by atoms with Gasteiger partial charge in [0.05, 0.1) is 6.54 Å². The highest BCUT2D eigenvalue weighted by Gasteiger charge is 2.26. The first-order valence-electron chi connectivity index (χ1n) is 10.6. The molecule has 1 heterocycles. The van der Waals surface area contributed by atoms with Gasteiger partial charge in [-0.15, -0.1) is 0 Å². The number of piperazine rings is 1. The molecule has 2 N–H and O–H groups in total. The van der Waals surface area contributed by atoms with Gasteiger partial charge in [-0.2, -0.15) is 0 Å². The van der Waals surface area contributed by atoms with Crippen LogP contribution in [0.1, 0.15) is 28.4 Å². The molecule has 0 bridgehead atoms. The number of amides is 3. The van der Waals surface area contributed by atoms with Crippen molar-refractivity contribution in [1.29, 1.82) is 0 Å². The second kappa shape index (κ2) is 10.2. The number of aryl methyl sites for hydroxylation is 1. The summed E-state index contributed by atoms with van der Waals surface area (Å²) in [6.45, 7) is 8.29. The van der Waals surface area contributed by atoms with E-state index in [0.717, 1.165) is 16.8 Å². The first-order valence-corrected chi connectivity index (χ1v) is 10.6. The van der Waals surface area contributed by atoms with E-state index in [4.69, 9.17) is 0 Å². The minimum absolute atomic E-state index is 0.0584. The highest BCUT2D eigenvalue weighted by atomic mass is 16.2. The Bertz CT molecular complexity index is 937. The van der Waals surface area contributed by atoms with Crippen LogP contribution in [0.25, 0.3) is 0 Å². The average Bonchev–Trinajstić information content (AvgIpc) is 2.77. The molecule has 3 rings (SSSR count). The van der Waals surface area contributed by atoms with E-state index >= 15 is 0 Å². The Morgan fingerprint density at radius 2 is 1.61 bits per heavy atom. The topological polar surface area (TPSA) is 81.8 Å². The zero-order valence-electron chi connectivity index (χ0n) is 18.4. The third kappa shape index (κ3) is 5.92. The summed E-state index contributed by atoms with van der Waals surface area (Å²) >= 11 is 0. The molecular formula is C24H30N4O3. The summed E-state index contributed by atoms with van der Waals surface area (Å²) < 4.78 is 0. The van der Waals surface area contributed by atoms with Crippen molar-refractivity contribution in [3.05, 3.63) is 65.2 Å². The highest BCUT2D eigenvalue weighted by Crippen LogP contribution is 2.18. The molecule has 3 amide bonds. The van der Waals surface area contributed by atoms with Gasteiger partial charge in [0.1, 0.15) is 6.04 Å². The van der Waals surface area contributed by atoms with Crippen molar-refractivity contribution < 1.29 is 14.4 Å². The maximum Gasteiger partial charge on any atom is 0.251 e. The average molecular weight is 423 g/mol. The first kappa shape index (κ1) is 22.5. The van der Waals surface area contributed by atoms with Crippen LogP contribution in [0, 0.1) is 13.8 Å². The van der Waals surface area contributed by atoms with Crippen molar-refractivity contribution in [2.24, 2.45) is 0 Å². The van der Waals surface area contributed by atoms with Crippen molar-refractivity contribution >= 4 is 23.4 Å². The van der Waals surface area contributed by atoms with Crippen LogP contribution in [0.5, 0.6) is 0 Å². The summed E-state index contributed by atoms with van der Waals surface area (Å²) in [5.74, 6) is -0.427. The summed E-state index contributed by atoms with van der Waals surface area (Å²) in [6, 6.07) is 14.1. The monoisotopic (exact) mass is 422 g/mol. The lowest BCUT2D eigenvalue weighted by atomic mass is 10.1. The third-order valence-electron chi connectivity index (χ3n) is 5.68. The Labute approximate surface area is 183 Å². The molecule has 2 aromatic rings. The van der Waals surface area contributed by atoms with Gasteiger partial charge in [0.2, 0.25) is 11.8 Å². The smallest absolute Gasteiger partial charge is 0.251 e. The minimum atomic E-state index is -0.605. The number of nitrogens with one attached hydrogen (secondary N) is 2. The van der Waals surface area contributed by atoms with Crippen molar-refractivity contribution in [1.82, 2.24) is 15.1 Å². The maximum atomic E-state index is 12.7. The lowest BCUT2D eigenvalue weighted by Gasteiger charge is -2.35. The van der Waals surface area contributed by atoms with Crippen molar-refractivity contribution in [2.75, 3.05) is 38.0 Å². The normalized spacial score (nSPS) is 15.3. The van der Waals surface area contributed by atoms with Gasteiger partial charge < -0.3 is 15.5 Å². The van der Waals surface area contributed by atoms with Crippen molar-refractivity contribution in [3.63, 3.8) is 0 Å². The second-order valence-electron chi connectivity index (χ2n) is 7.96. The van der Waals surface area contributed by atoms with Crippen molar-refractivity contribution in [3.8, 4) is 0 Å². The summed E-state index contributed by atoms with van der Waals surface area (Å²) in [5.41, 5.74) is 3.57. The fraction of sp³-hybridized carbons (Fsp3) is 0.375. The number of nitrogens with zero attached hydrogens (tertiary/aromatic N) is 2. The van der Waals surface area contributed by atoms with Gasteiger partial charge in [0, 0.05) is 37.4 Å². The highest BCUT2D eigenvalue weighted by molar-refractivity contribution is 5.97. The van der Waals surface area contributed by atoms with Gasteiger partial charge in [0.25, 0.3) is 5.91 Å². The lowest BCUT2D eigenvalue weighted by molar-refractivity contribution is -0.134. The molecule has 1 atom stereocenters. The molecular weight excluding hydrogens is 392 g/mol. The SMILES string of the molecule is Cc1cccc(NC(=O)CN2CCN(C(=O)C(C)NC(=O)c3ccccc3)CC2)c1C. The van der Waals surface area contributed by atoms with Crippen LogP contribution in [-0.4, -0.2) is 66.3 Å². The van der Waals surface area contributed by atoms with Crippen LogP contribution in [0.2, 0.25) is 0 Å². The predicted octanol–water partition coefficient (Wildman–Crippen LogP) is 2.20. The maximum absolute atomic E-state index is 12.7. The molecule has 0 saturated carbocycles. The Balaban J connectivity index is 1.45. The number of anilines is 1. The Morgan fingerprint density at radius 3 is 2.29 bits per heavy atom. The molecule has 1 fully saturated rings. The lowest BCUT2D eigenvalue weighted by Crippen LogP contribution is -2.55. The molecule has 2 aromatic carbocycles. The molecule has 0 radical (unpaired) electrons. The molecule has 7 nitrogen and oxygen atoms in total. The summed E-state index contributed by atoms with van der Waals surface area (Å²) in [6.07, 6.45) is 0. The Hall–Kier alpha value is -3.19. The molecule has 164 valence electrons. The largest absolute Gasteiger partial charge is 0.341 e. The fourth-order valence-corrected chi connectivity index (χ4v) is 3.61. The van der Waals surface area contributed by atoms with Crippen LogP contribution in [0.3, 0.4) is 0 Å². The number of benzene rings is 2. The summed E-state index contributed by atoms with van der Waals surface area (Å²) in [4.78, 5) is 41.2. The van der Waals surface area contributed by atoms with E-state index in [0.29, 0.717) is 31.7 Å². The quantitative estimate of drug-likeness (QED) is 0.748. The zero-order chi connectivity index (χ0) is 22.4. The Kier molecular flexibility index (Phi) is 7.41. The zero-order valence-corrected chi connectivity index (χ0v) is 18.4. The van der Waals surface area contributed by atoms with Crippen LogP contribution < -0.4 is 10.6 Å². The number of hydrogen-bond donors (Lipinski definition) is 2. The summed E-state index contributed by atoms with van der Waals surface area (Å²) in [7, 11) is 0. The van der Waals surface area contributed by atoms with Crippen LogP contribution in [0.15, 0.2) is 48.5 Å². The fourth-order valence-electron chi connectivity index (χ4n) is 3.61. The second-order valence-corrected chi connectivity index (χ2v) is 7.96. The predicted molar refractivity (Wildman–Crippen MR) is 121 cm³/mol. The van der Waals surface area contributed by atoms with Gasteiger partial charge in [-0.3, -0.25) is 19.3 Å². The van der Waals surface area contributed by atoms with Crippen molar-refractivity contribution in [2.45, 2.75) is 26.8 Å². The van der Waals surface area contributed by atoms with E-state index in [1.54, 1.807) is 36.1 Å². The molecule has 1 aliphatic rings. The standard InChI is InChI=1S/C24H30N4O3/c1-17-8-7-11-21(18(17)2)26-22(29)16-27-12-14-28(15-13-27)24(31)19(3)25-23(30)20-9-5-4-6-10-20/h4-11,19H,12-16H2,1-3H3,(H,25,30)(H,26,29). The molecule has 0 spiro atoms. The van der Waals surface area contributed by atoms with Crippen LogP contribution >= 0.6 is 0 Å². The van der Waals surface area contributed by atoms with E-state index in [2.05, 4.69) is 10.6 Å². The number of carbonyl (C=O) groups excluding carboxylic acids is 3. The van der Waals surface area contributed by atoms with E-state index in [9.17, 15) is 14.4 Å². The summed E-state index contributed by atoms with van der Waals surface area (Å²) in [5, 5.41) is 5.74. The van der Waals surface area contributed by atoms with E-state index < -0.39 is 6.04 Å². The molecule has 31 heavy (non-hydrogen) atoms. The number of hydrogen-bond acceptors (Lipinski definition) is 4. The van der Waals surface area contributed by atoms with E-state index in [1.807, 2.05) is 43.0 Å². The number of rotatable bonds is 6. The van der Waals surface area contributed by atoms with E-state index in [-0.39, 0.29) is 24.3 Å². The van der Waals surface area contributed by atoms with Crippen LogP contribution in [0.4, 0.5) is 5.69 Å². The molecule has 1 aliphatic heterocycles. The molecule has 7 heteroatoms. The van der Waals surface area contributed by atoms with Gasteiger partial charge in [-0.25, -0.2) is 0 Å². The molecule has 0 aliphatic carbocycles. The first-order chi connectivity index (χ1) is 14.8. The van der Waals surface area contributed by atoms with Gasteiger partial charge >= 0.3 is 0 Å². The third-order valence-corrected chi connectivity index (χ3v) is 5.68. The van der Waals surface area contributed by atoms with Gasteiger partial charge in [0.15, 0.2) is 0 Å². The minimum Gasteiger partial charge on any atom is -0.341 e. The molecule has 1 saturated heterocycles. The van der Waals surface area contributed by atoms with Gasteiger partial charge in [-0.1, -0.05) is 30.3 Å². The van der Waals surface area contributed by atoms with E-state index in [1.165, 1.54) is 0 Å². The Morgan fingerprint density at radius 1 is 0.935 bits per heavy atom. The van der Waals surface area contributed by atoms with Gasteiger partial charge in [-0.05, 0) is 50.1 Å².